The van der Waals surface area contributed by atoms with E-state index in [9.17, 15) is 9.59 Å². The first-order valence-electron chi connectivity index (χ1n) is 11.4. The third-order valence-electron chi connectivity index (χ3n) is 5.36. The number of ether oxygens (including phenoxy) is 1. The van der Waals surface area contributed by atoms with Gasteiger partial charge in [-0.2, -0.15) is 0 Å². The zero-order valence-electron chi connectivity index (χ0n) is 18.5. The number of nitrogens with zero attached hydrogens (tertiary/aromatic N) is 2. The van der Waals surface area contributed by atoms with Crippen LogP contribution in [0.5, 0.6) is 5.75 Å². The molecule has 0 saturated heterocycles. The lowest BCUT2D eigenvalue weighted by Crippen LogP contribution is -2.25. The maximum atomic E-state index is 12.7. The van der Waals surface area contributed by atoms with Gasteiger partial charge in [-0.25, -0.2) is 4.98 Å². The second-order valence-corrected chi connectivity index (χ2v) is 7.94. The Hall–Kier alpha value is -2.43. The normalized spacial score (nSPS) is 11.9. The fourth-order valence-corrected chi connectivity index (χ4v) is 3.60. The van der Waals surface area contributed by atoms with Crippen molar-refractivity contribution in [2.75, 3.05) is 6.61 Å². The van der Waals surface area contributed by atoms with E-state index in [1.54, 1.807) is 41.2 Å². The summed E-state index contributed by atoms with van der Waals surface area (Å²) in [5.41, 5.74) is 0.496. The highest BCUT2D eigenvalue weighted by atomic mass is 16.5. The average molecular weight is 413 g/mol. The minimum absolute atomic E-state index is 0.209. The molecule has 5 heteroatoms. The summed E-state index contributed by atoms with van der Waals surface area (Å²) >= 11 is 0. The third kappa shape index (κ3) is 8.13. The molecular formula is C25H36N2O3. The monoisotopic (exact) mass is 412 g/mol. The van der Waals surface area contributed by atoms with Crippen LogP contribution in [0, 0.1) is 0 Å². The molecular weight excluding hydrogens is 376 g/mol. The average Bonchev–Trinajstić information content (AvgIpc) is 3.26. The molecule has 1 atom stereocenters. The summed E-state index contributed by atoms with van der Waals surface area (Å²) in [7, 11) is 0. The molecule has 30 heavy (non-hydrogen) atoms. The molecule has 0 amide bonds. The Bertz CT molecular complexity index is 738. The molecule has 164 valence electrons. The van der Waals surface area contributed by atoms with Gasteiger partial charge in [0, 0.05) is 18.0 Å². The number of Topliss-reactive ketones (excluding diaryl/α,β-unsaturated/α-hetero) is 2. The van der Waals surface area contributed by atoms with E-state index >= 15 is 0 Å². The van der Waals surface area contributed by atoms with E-state index in [2.05, 4.69) is 11.9 Å². The summed E-state index contributed by atoms with van der Waals surface area (Å²) in [4.78, 5) is 28.6. The van der Waals surface area contributed by atoms with Gasteiger partial charge in [-0.3, -0.25) is 9.59 Å². The van der Waals surface area contributed by atoms with E-state index in [1.807, 2.05) is 0 Å². The van der Waals surface area contributed by atoms with Gasteiger partial charge >= 0.3 is 0 Å². The number of aromatic nitrogens is 2. The van der Waals surface area contributed by atoms with Crippen LogP contribution in [-0.2, 0) is 4.79 Å². The number of unbranched alkanes of at least 4 members (excludes halogenated alkanes) is 9. The SMILES string of the molecule is CCCCCCCCCCCCOc1ccc(C(=O)C(C(C)=O)n2ccnc2)cc1. The highest BCUT2D eigenvalue weighted by Crippen LogP contribution is 2.19. The number of carbonyl (C=O) groups is 2. The Morgan fingerprint density at radius 3 is 2.07 bits per heavy atom. The Kier molecular flexibility index (Phi) is 10.9. The maximum absolute atomic E-state index is 12.7. The fraction of sp³-hybridized carbons (Fsp3) is 0.560. The molecule has 1 aromatic carbocycles. The maximum Gasteiger partial charge on any atom is 0.193 e. The highest BCUT2D eigenvalue weighted by Gasteiger charge is 2.25. The second kappa shape index (κ2) is 13.7. The molecule has 0 fully saturated rings. The number of hydrogen-bond donors (Lipinski definition) is 0. The van der Waals surface area contributed by atoms with Crippen LogP contribution in [0.2, 0.25) is 0 Å². The quantitative estimate of drug-likeness (QED) is 0.187. The molecule has 0 aliphatic heterocycles. The Balaban J connectivity index is 1.66. The molecule has 1 unspecified atom stereocenters. The van der Waals surface area contributed by atoms with Gasteiger partial charge in [0.25, 0.3) is 0 Å². The molecule has 5 nitrogen and oxygen atoms in total. The van der Waals surface area contributed by atoms with Crippen molar-refractivity contribution in [1.29, 1.82) is 0 Å². The predicted octanol–water partition coefficient (Wildman–Crippen LogP) is 6.20. The molecule has 0 bridgehead atoms. The number of rotatable bonds is 16. The Morgan fingerprint density at radius 2 is 1.53 bits per heavy atom. The van der Waals surface area contributed by atoms with Gasteiger partial charge in [0.15, 0.2) is 17.6 Å². The smallest absolute Gasteiger partial charge is 0.193 e. The van der Waals surface area contributed by atoms with Gasteiger partial charge < -0.3 is 9.30 Å². The summed E-state index contributed by atoms with van der Waals surface area (Å²) in [6, 6.07) is 6.18. The molecule has 1 heterocycles. The van der Waals surface area contributed by atoms with Crippen molar-refractivity contribution in [2.24, 2.45) is 0 Å². The zero-order chi connectivity index (χ0) is 21.6. The topological polar surface area (TPSA) is 61.2 Å². The number of carbonyl (C=O) groups excluding carboxylic acids is 2. The number of ketones is 2. The Morgan fingerprint density at radius 1 is 0.933 bits per heavy atom. The van der Waals surface area contributed by atoms with Crippen LogP contribution in [0.3, 0.4) is 0 Å². The van der Waals surface area contributed by atoms with Crippen molar-refractivity contribution in [3.8, 4) is 5.75 Å². The van der Waals surface area contributed by atoms with Crippen molar-refractivity contribution < 1.29 is 14.3 Å². The predicted molar refractivity (Wildman–Crippen MR) is 120 cm³/mol. The van der Waals surface area contributed by atoms with E-state index in [0.717, 1.165) is 12.2 Å². The van der Waals surface area contributed by atoms with Crippen LogP contribution in [0.1, 0.15) is 94.5 Å². The minimum atomic E-state index is -0.870. The zero-order valence-corrected chi connectivity index (χ0v) is 18.5. The molecule has 2 rings (SSSR count). The standard InChI is InChI=1S/C25H36N2O3/c1-3-4-5-6-7-8-9-10-11-12-19-30-23-15-13-22(14-16-23)25(29)24(21(2)28)27-18-17-26-20-27/h13-18,20,24H,3-12,19H2,1-2H3. The molecule has 0 spiro atoms. The molecule has 0 saturated carbocycles. The van der Waals surface area contributed by atoms with Crippen molar-refractivity contribution in [3.05, 3.63) is 48.5 Å². The molecule has 0 radical (unpaired) electrons. The highest BCUT2D eigenvalue weighted by molar-refractivity contribution is 6.11. The fourth-order valence-electron chi connectivity index (χ4n) is 3.60. The van der Waals surface area contributed by atoms with E-state index in [1.165, 1.54) is 71.0 Å². The van der Waals surface area contributed by atoms with E-state index in [0.29, 0.717) is 12.2 Å². The van der Waals surface area contributed by atoms with Crippen molar-refractivity contribution >= 4 is 11.6 Å². The van der Waals surface area contributed by atoms with Crippen LogP contribution in [0.15, 0.2) is 43.0 Å². The van der Waals surface area contributed by atoms with Gasteiger partial charge in [-0.1, -0.05) is 64.7 Å². The minimum Gasteiger partial charge on any atom is -0.494 e. The summed E-state index contributed by atoms with van der Waals surface area (Å²) in [6.45, 7) is 4.37. The summed E-state index contributed by atoms with van der Waals surface area (Å²) in [6.07, 6.45) is 17.7. The van der Waals surface area contributed by atoms with Gasteiger partial charge in [0.1, 0.15) is 5.75 Å². The second-order valence-electron chi connectivity index (χ2n) is 7.94. The molecule has 0 N–H and O–H groups in total. The van der Waals surface area contributed by atoms with Crippen LogP contribution in [0.4, 0.5) is 0 Å². The molecule has 2 aromatic rings. The molecule has 0 aliphatic rings. The van der Waals surface area contributed by atoms with Crippen LogP contribution >= 0.6 is 0 Å². The number of hydrogen-bond acceptors (Lipinski definition) is 4. The third-order valence-corrected chi connectivity index (χ3v) is 5.36. The van der Waals surface area contributed by atoms with Crippen LogP contribution in [0.25, 0.3) is 0 Å². The van der Waals surface area contributed by atoms with Crippen molar-refractivity contribution in [2.45, 2.75) is 84.1 Å². The number of benzene rings is 1. The first-order chi connectivity index (χ1) is 14.6. The summed E-state index contributed by atoms with van der Waals surface area (Å²) in [5.74, 6) is 0.311. The van der Waals surface area contributed by atoms with Gasteiger partial charge in [0.05, 0.1) is 12.9 Å². The first kappa shape index (κ1) is 23.8. The Labute approximate surface area is 180 Å². The molecule has 1 aromatic heterocycles. The van der Waals surface area contributed by atoms with E-state index in [-0.39, 0.29) is 11.6 Å². The van der Waals surface area contributed by atoms with E-state index in [4.69, 9.17) is 4.74 Å². The van der Waals surface area contributed by atoms with Crippen molar-refractivity contribution in [1.82, 2.24) is 9.55 Å². The summed E-state index contributed by atoms with van der Waals surface area (Å²) in [5, 5.41) is 0. The molecule has 0 aliphatic carbocycles. The largest absolute Gasteiger partial charge is 0.494 e. The van der Waals surface area contributed by atoms with E-state index < -0.39 is 6.04 Å². The van der Waals surface area contributed by atoms with Gasteiger partial charge in [-0.15, -0.1) is 0 Å². The van der Waals surface area contributed by atoms with Gasteiger partial charge in [-0.05, 0) is 37.6 Å². The van der Waals surface area contributed by atoms with Crippen LogP contribution in [-0.4, -0.2) is 27.7 Å². The van der Waals surface area contributed by atoms with Gasteiger partial charge in [0.2, 0.25) is 0 Å². The lowest BCUT2D eigenvalue weighted by atomic mass is 10.0. The first-order valence-corrected chi connectivity index (χ1v) is 11.4. The summed E-state index contributed by atoms with van der Waals surface area (Å²) < 4.78 is 7.34. The van der Waals surface area contributed by atoms with Crippen molar-refractivity contribution in [3.63, 3.8) is 0 Å². The van der Waals surface area contributed by atoms with Crippen LogP contribution < -0.4 is 4.74 Å². The number of imidazole rings is 1. The lowest BCUT2D eigenvalue weighted by molar-refractivity contribution is -0.118. The lowest BCUT2D eigenvalue weighted by Gasteiger charge is -2.14.